The Labute approximate surface area is 77.4 Å². The van der Waals surface area contributed by atoms with E-state index in [2.05, 4.69) is 27.5 Å². The summed E-state index contributed by atoms with van der Waals surface area (Å²) in [6.45, 7) is 5.47. The zero-order valence-corrected chi connectivity index (χ0v) is 7.35. The van der Waals surface area contributed by atoms with E-state index < -0.39 is 0 Å². The molecular formula is C10H11N3. The van der Waals surface area contributed by atoms with Gasteiger partial charge in [0, 0.05) is 13.1 Å². The van der Waals surface area contributed by atoms with Crippen molar-refractivity contribution in [3.05, 3.63) is 36.9 Å². The Morgan fingerprint density at radius 2 is 2.54 bits per heavy atom. The van der Waals surface area contributed by atoms with Crippen molar-refractivity contribution in [1.82, 2.24) is 9.97 Å². The van der Waals surface area contributed by atoms with Gasteiger partial charge in [0.25, 0.3) is 0 Å². The summed E-state index contributed by atoms with van der Waals surface area (Å²) in [6, 6.07) is 0. The van der Waals surface area contributed by atoms with E-state index in [-0.39, 0.29) is 0 Å². The molecule has 0 bridgehead atoms. The van der Waals surface area contributed by atoms with Crippen LogP contribution in [0.15, 0.2) is 31.3 Å². The highest BCUT2D eigenvalue weighted by Gasteiger charge is 2.11. The van der Waals surface area contributed by atoms with Crippen molar-refractivity contribution in [2.45, 2.75) is 0 Å². The monoisotopic (exact) mass is 173 g/mol. The van der Waals surface area contributed by atoms with Crippen molar-refractivity contribution >= 4 is 11.8 Å². The Kier molecular flexibility index (Phi) is 2.08. The molecule has 0 unspecified atom stereocenters. The van der Waals surface area contributed by atoms with Crippen LogP contribution in [0.1, 0.15) is 5.69 Å². The van der Waals surface area contributed by atoms with Gasteiger partial charge in [-0.25, -0.2) is 9.97 Å². The predicted octanol–water partition coefficient (Wildman–Crippen LogP) is 1.50. The summed E-state index contributed by atoms with van der Waals surface area (Å²) in [6.07, 6.45) is 9.42. The average Bonchev–Trinajstić information content (AvgIpc) is 2.19. The summed E-state index contributed by atoms with van der Waals surface area (Å²) in [7, 11) is 0. The summed E-state index contributed by atoms with van der Waals surface area (Å²) < 4.78 is 0. The van der Waals surface area contributed by atoms with Crippen molar-refractivity contribution in [2.24, 2.45) is 0 Å². The fourth-order valence-electron chi connectivity index (χ4n) is 1.42. The molecule has 0 spiro atoms. The van der Waals surface area contributed by atoms with Gasteiger partial charge >= 0.3 is 0 Å². The minimum atomic E-state index is 0.838. The molecule has 0 saturated heterocycles. The summed E-state index contributed by atoms with van der Waals surface area (Å²) in [4.78, 5) is 10.4. The van der Waals surface area contributed by atoms with E-state index >= 15 is 0 Å². The topological polar surface area (TPSA) is 29.0 Å². The summed E-state index contributed by atoms with van der Waals surface area (Å²) in [5.74, 6) is 0. The number of rotatable bonds is 2. The second-order valence-corrected chi connectivity index (χ2v) is 2.89. The predicted molar refractivity (Wildman–Crippen MR) is 53.5 cm³/mol. The number of nitrogens with zero attached hydrogens (tertiary/aromatic N) is 3. The quantitative estimate of drug-likeness (QED) is 0.634. The Balaban J connectivity index is 2.37. The van der Waals surface area contributed by atoms with Gasteiger partial charge in [-0.1, -0.05) is 12.2 Å². The third kappa shape index (κ3) is 1.45. The lowest BCUT2D eigenvalue weighted by atomic mass is 10.2. The lowest BCUT2D eigenvalue weighted by Gasteiger charge is -2.25. The molecule has 0 amide bonds. The van der Waals surface area contributed by atoms with Gasteiger partial charge in [0.2, 0.25) is 0 Å². The number of hydrogen-bond acceptors (Lipinski definition) is 3. The fraction of sp³-hybridized carbons (Fsp3) is 0.200. The molecule has 0 aromatic carbocycles. The highest BCUT2D eigenvalue weighted by atomic mass is 15.1. The molecule has 0 atom stereocenters. The van der Waals surface area contributed by atoms with Gasteiger partial charge in [-0.2, -0.15) is 0 Å². The van der Waals surface area contributed by atoms with Crippen LogP contribution in [-0.2, 0) is 0 Å². The number of fused-ring (bicyclic) bond motifs is 1. The SMILES string of the molecule is C=CCN1CC=Cc2ncncc21. The average molecular weight is 173 g/mol. The molecule has 3 nitrogen and oxygen atoms in total. The number of anilines is 1. The second-order valence-electron chi connectivity index (χ2n) is 2.89. The van der Waals surface area contributed by atoms with Crippen LogP contribution >= 0.6 is 0 Å². The molecule has 0 N–H and O–H groups in total. The highest BCUT2D eigenvalue weighted by molar-refractivity contribution is 5.67. The van der Waals surface area contributed by atoms with Crippen LogP contribution in [0.25, 0.3) is 6.08 Å². The Hall–Kier alpha value is -1.64. The summed E-state index contributed by atoms with van der Waals surface area (Å²) in [5.41, 5.74) is 2.08. The van der Waals surface area contributed by atoms with Crippen LogP contribution < -0.4 is 4.90 Å². The Bertz CT molecular complexity index is 344. The van der Waals surface area contributed by atoms with Crippen LogP contribution in [0.5, 0.6) is 0 Å². The van der Waals surface area contributed by atoms with E-state index in [4.69, 9.17) is 0 Å². The van der Waals surface area contributed by atoms with Gasteiger partial charge in [0.1, 0.15) is 6.33 Å². The van der Waals surface area contributed by atoms with Gasteiger partial charge in [-0.15, -0.1) is 6.58 Å². The van der Waals surface area contributed by atoms with Crippen LogP contribution in [0.2, 0.25) is 0 Å². The molecule has 0 saturated carbocycles. The molecule has 1 aliphatic heterocycles. The molecule has 0 aliphatic carbocycles. The van der Waals surface area contributed by atoms with Crippen molar-refractivity contribution < 1.29 is 0 Å². The Morgan fingerprint density at radius 3 is 3.38 bits per heavy atom. The first-order valence-electron chi connectivity index (χ1n) is 4.24. The first kappa shape index (κ1) is 7.98. The van der Waals surface area contributed by atoms with Gasteiger partial charge in [0.05, 0.1) is 17.6 Å². The normalized spacial score (nSPS) is 14.0. The molecule has 1 aromatic rings. The minimum Gasteiger partial charge on any atom is -0.361 e. The fourth-order valence-corrected chi connectivity index (χ4v) is 1.42. The molecular weight excluding hydrogens is 162 g/mol. The maximum atomic E-state index is 4.18. The molecule has 66 valence electrons. The highest BCUT2D eigenvalue weighted by Crippen LogP contribution is 2.21. The molecule has 2 heterocycles. The van der Waals surface area contributed by atoms with E-state index in [9.17, 15) is 0 Å². The first-order valence-corrected chi connectivity index (χ1v) is 4.24. The van der Waals surface area contributed by atoms with E-state index in [0.717, 1.165) is 24.5 Å². The van der Waals surface area contributed by atoms with Crippen LogP contribution in [0, 0.1) is 0 Å². The molecule has 1 aromatic heterocycles. The standard InChI is InChI=1S/C10H11N3/c1-2-5-13-6-3-4-9-10(13)7-11-8-12-9/h2-4,7-8H,1,5-6H2. The minimum absolute atomic E-state index is 0.838. The van der Waals surface area contributed by atoms with E-state index in [0.29, 0.717) is 0 Å². The van der Waals surface area contributed by atoms with Gasteiger partial charge in [-0.3, -0.25) is 0 Å². The summed E-state index contributed by atoms with van der Waals surface area (Å²) >= 11 is 0. The molecule has 3 heteroatoms. The van der Waals surface area contributed by atoms with Gasteiger partial charge < -0.3 is 4.90 Å². The third-order valence-corrected chi connectivity index (χ3v) is 2.01. The number of hydrogen-bond donors (Lipinski definition) is 0. The largest absolute Gasteiger partial charge is 0.361 e. The zero-order chi connectivity index (χ0) is 9.10. The van der Waals surface area contributed by atoms with Crippen LogP contribution in [-0.4, -0.2) is 23.1 Å². The van der Waals surface area contributed by atoms with Crippen LogP contribution in [0.3, 0.4) is 0 Å². The summed E-state index contributed by atoms with van der Waals surface area (Å²) in [5, 5.41) is 0. The number of aromatic nitrogens is 2. The maximum Gasteiger partial charge on any atom is 0.116 e. The Morgan fingerprint density at radius 1 is 1.62 bits per heavy atom. The zero-order valence-electron chi connectivity index (χ0n) is 7.35. The lowest BCUT2D eigenvalue weighted by Crippen LogP contribution is -2.26. The molecule has 0 fully saturated rings. The molecule has 2 rings (SSSR count). The molecule has 13 heavy (non-hydrogen) atoms. The van der Waals surface area contributed by atoms with Crippen molar-refractivity contribution in [3.63, 3.8) is 0 Å². The maximum absolute atomic E-state index is 4.18. The van der Waals surface area contributed by atoms with Crippen LogP contribution in [0.4, 0.5) is 5.69 Å². The third-order valence-electron chi connectivity index (χ3n) is 2.01. The van der Waals surface area contributed by atoms with Gasteiger partial charge in [0.15, 0.2) is 0 Å². The smallest absolute Gasteiger partial charge is 0.116 e. The van der Waals surface area contributed by atoms with E-state index in [1.807, 2.05) is 18.3 Å². The van der Waals surface area contributed by atoms with E-state index in [1.165, 1.54) is 0 Å². The van der Waals surface area contributed by atoms with Crippen molar-refractivity contribution in [3.8, 4) is 0 Å². The van der Waals surface area contributed by atoms with Gasteiger partial charge in [-0.05, 0) is 6.08 Å². The van der Waals surface area contributed by atoms with E-state index in [1.54, 1.807) is 6.33 Å². The van der Waals surface area contributed by atoms with Crippen molar-refractivity contribution in [1.29, 1.82) is 0 Å². The molecule has 1 aliphatic rings. The molecule has 0 radical (unpaired) electrons. The first-order chi connectivity index (χ1) is 6.42. The lowest BCUT2D eigenvalue weighted by molar-refractivity contribution is 0.923. The second kappa shape index (κ2) is 3.39. The van der Waals surface area contributed by atoms with Crippen molar-refractivity contribution in [2.75, 3.05) is 18.0 Å².